The molecule has 1 N–H and O–H groups in total. The van der Waals surface area contributed by atoms with Gasteiger partial charge in [0.25, 0.3) is 21.6 Å². The van der Waals surface area contributed by atoms with E-state index >= 15 is 0 Å². The third-order valence-electron chi connectivity index (χ3n) is 5.55. The average Bonchev–Trinajstić information content (AvgIpc) is 2.92. The molecule has 0 radical (unpaired) electrons. The minimum atomic E-state index is -4.12. The molecule has 0 saturated heterocycles. The molecule has 4 aromatic carbocycles. The molecule has 0 unspecified atom stereocenters. The van der Waals surface area contributed by atoms with Crippen LogP contribution in [-0.4, -0.2) is 26.4 Å². The summed E-state index contributed by atoms with van der Waals surface area (Å²) in [6.45, 7) is -0.0314. The van der Waals surface area contributed by atoms with Gasteiger partial charge in [-0.05, 0) is 48.0 Å². The van der Waals surface area contributed by atoms with Crippen LogP contribution in [0.4, 0.5) is 17.1 Å². The first kappa shape index (κ1) is 25.4. The first-order valence-electron chi connectivity index (χ1n) is 11.1. The molecule has 4 rings (SSSR count). The molecule has 188 valence electrons. The number of hydrogen-bond acceptors (Lipinski definition) is 6. The second-order valence-corrected chi connectivity index (χ2v) is 9.81. The number of methoxy groups -OCH3 is 1. The number of nitro benzene ring substituents is 1. The molecule has 0 aliphatic carbocycles. The Morgan fingerprint density at radius 1 is 0.919 bits per heavy atom. The number of sulfonamides is 1. The van der Waals surface area contributed by atoms with Crippen LogP contribution in [0, 0.1) is 10.1 Å². The number of non-ortho nitro benzene ring substituents is 1. The Hall–Kier alpha value is -4.70. The van der Waals surface area contributed by atoms with Gasteiger partial charge in [0.15, 0.2) is 0 Å². The molecule has 0 heterocycles. The summed E-state index contributed by atoms with van der Waals surface area (Å²) < 4.78 is 34.1. The second-order valence-electron chi connectivity index (χ2n) is 7.95. The van der Waals surface area contributed by atoms with Crippen LogP contribution < -0.4 is 14.4 Å². The van der Waals surface area contributed by atoms with E-state index in [1.165, 1.54) is 53.9 Å². The number of benzene rings is 4. The Morgan fingerprint density at radius 3 is 2.27 bits per heavy atom. The molecule has 1 amide bonds. The van der Waals surface area contributed by atoms with Crippen molar-refractivity contribution < 1.29 is 22.9 Å². The highest BCUT2D eigenvalue weighted by Crippen LogP contribution is 2.31. The first-order chi connectivity index (χ1) is 17.8. The second kappa shape index (κ2) is 10.9. The lowest BCUT2D eigenvalue weighted by molar-refractivity contribution is -0.384. The highest BCUT2D eigenvalue weighted by molar-refractivity contribution is 7.92. The third kappa shape index (κ3) is 5.76. The molecule has 9 nitrogen and oxygen atoms in total. The van der Waals surface area contributed by atoms with Crippen LogP contribution in [0.25, 0.3) is 0 Å². The standard InChI is InChI=1S/C27H23N3O6S/c1-36-23-14-16-24(17-15-23)37(34,35)29(19-20-8-3-2-4-9-20)26-13-6-5-12-25(26)27(31)28-21-10-7-11-22(18-21)30(32)33/h2-18H,19H2,1H3,(H,28,31). The summed E-state index contributed by atoms with van der Waals surface area (Å²) in [7, 11) is -2.63. The van der Waals surface area contributed by atoms with E-state index in [9.17, 15) is 23.3 Å². The summed E-state index contributed by atoms with van der Waals surface area (Å²) in [6, 6.07) is 26.8. The molecule has 0 atom stereocenters. The van der Waals surface area contributed by atoms with Crippen LogP contribution in [0.15, 0.2) is 108 Å². The van der Waals surface area contributed by atoms with E-state index < -0.39 is 20.9 Å². The van der Waals surface area contributed by atoms with Crippen molar-refractivity contribution in [1.82, 2.24) is 0 Å². The molecule has 0 spiro atoms. The molecule has 0 aromatic heterocycles. The van der Waals surface area contributed by atoms with Gasteiger partial charge >= 0.3 is 0 Å². The van der Waals surface area contributed by atoms with Crippen molar-refractivity contribution in [2.75, 3.05) is 16.7 Å². The SMILES string of the molecule is COc1ccc(S(=O)(=O)N(Cc2ccccc2)c2ccccc2C(=O)Nc2cccc([N+](=O)[O-])c2)cc1. The lowest BCUT2D eigenvalue weighted by atomic mass is 10.1. The summed E-state index contributed by atoms with van der Waals surface area (Å²) in [5.74, 6) is -0.107. The van der Waals surface area contributed by atoms with Crippen LogP contribution in [0.2, 0.25) is 0 Å². The quantitative estimate of drug-likeness (QED) is 0.239. The van der Waals surface area contributed by atoms with E-state index in [0.29, 0.717) is 11.3 Å². The maximum absolute atomic E-state index is 13.9. The van der Waals surface area contributed by atoms with Gasteiger partial charge in [0.05, 0.1) is 34.7 Å². The molecular weight excluding hydrogens is 494 g/mol. The largest absolute Gasteiger partial charge is 0.497 e. The van der Waals surface area contributed by atoms with Crippen LogP contribution in [0.1, 0.15) is 15.9 Å². The number of nitrogens with zero attached hydrogens (tertiary/aromatic N) is 2. The molecule has 0 aliphatic heterocycles. The number of ether oxygens (including phenoxy) is 1. The number of amides is 1. The maximum Gasteiger partial charge on any atom is 0.271 e. The lowest BCUT2D eigenvalue weighted by Crippen LogP contribution is -2.32. The van der Waals surface area contributed by atoms with Crippen LogP contribution >= 0.6 is 0 Å². The topological polar surface area (TPSA) is 119 Å². The van der Waals surface area contributed by atoms with Gasteiger partial charge in [-0.1, -0.05) is 48.5 Å². The molecule has 0 saturated carbocycles. The van der Waals surface area contributed by atoms with Gasteiger partial charge in [-0.3, -0.25) is 19.2 Å². The van der Waals surface area contributed by atoms with Crippen molar-refractivity contribution in [3.05, 3.63) is 124 Å². The number of rotatable bonds is 9. The van der Waals surface area contributed by atoms with Gasteiger partial charge in [-0.2, -0.15) is 0 Å². The van der Waals surface area contributed by atoms with Crippen molar-refractivity contribution in [1.29, 1.82) is 0 Å². The monoisotopic (exact) mass is 517 g/mol. The van der Waals surface area contributed by atoms with Gasteiger partial charge in [-0.25, -0.2) is 8.42 Å². The molecular formula is C27H23N3O6S. The number of carbonyl (C=O) groups is 1. The van der Waals surface area contributed by atoms with Crippen LogP contribution in [0.3, 0.4) is 0 Å². The molecule has 0 fully saturated rings. The summed E-state index contributed by atoms with van der Waals surface area (Å²) in [4.78, 5) is 23.9. The highest BCUT2D eigenvalue weighted by Gasteiger charge is 2.29. The van der Waals surface area contributed by atoms with E-state index in [0.717, 1.165) is 0 Å². The number of para-hydroxylation sites is 1. The minimum absolute atomic E-state index is 0.0260. The predicted molar refractivity (Wildman–Crippen MR) is 140 cm³/mol. The fourth-order valence-corrected chi connectivity index (χ4v) is 5.17. The van der Waals surface area contributed by atoms with E-state index in [1.807, 2.05) is 6.07 Å². The number of carbonyl (C=O) groups excluding carboxylic acids is 1. The Morgan fingerprint density at radius 2 is 1.59 bits per heavy atom. The Labute approximate surface area is 214 Å². The van der Waals surface area contributed by atoms with E-state index in [2.05, 4.69) is 5.32 Å². The predicted octanol–water partition coefficient (Wildman–Crippen LogP) is 5.25. The zero-order valence-electron chi connectivity index (χ0n) is 19.8. The summed E-state index contributed by atoms with van der Waals surface area (Å²) in [5, 5.41) is 13.8. The molecule has 4 aromatic rings. The van der Waals surface area contributed by atoms with E-state index in [-0.39, 0.29) is 34.1 Å². The fourth-order valence-electron chi connectivity index (χ4n) is 3.70. The Balaban J connectivity index is 1.77. The summed E-state index contributed by atoms with van der Waals surface area (Å²) >= 11 is 0. The van der Waals surface area contributed by atoms with Crippen LogP contribution in [0.5, 0.6) is 5.75 Å². The van der Waals surface area contributed by atoms with Gasteiger partial charge in [-0.15, -0.1) is 0 Å². The zero-order valence-corrected chi connectivity index (χ0v) is 20.6. The molecule has 0 bridgehead atoms. The number of nitro groups is 1. The maximum atomic E-state index is 13.9. The fraction of sp³-hybridized carbons (Fsp3) is 0.0741. The van der Waals surface area contributed by atoms with Crippen LogP contribution in [-0.2, 0) is 16.6 Å². The van der Waals surface area contributed by atoms with Crippen molar-refractivity contribution in [3.63, 3.8) is 0 Å². The van der Waals surface area contributed by atoms with E-state index in [4.69, 9.17) is 4.74 Å². The summed E-state index contributed by atoms with van der Waals surface area (Å²) in [5.41, 5.74) is 0.987. The lowest BCUT2D eigenvalue weighted by Gasteiger charge is -2.26. The van der Waals surface area contributed by atoms with Gasteiger partial charge in [0.1, 0.15) is 5.75 Å². The Bertz CT molecular complexity index is 1520. The number of anilines is 2. The van der Waals surface area contributed by atoms with Crippen molar-refractivity contribution >= 4 is 33.0 Å². The zero-order chi connectivity index (χ0) is 26.4. The number of nitrogens with one attached hydrogen (secondary N) is 1. The van der Waals surface area contributed by atoms with Crippen molar-refractivity contribution in [3.8, 4) is 5.75 Å². The van der Waals surface area contributed by atoms with E-state index in [1.54, 1.807) is 54.6 Å². The highest BCUT2D eigenvalue weighted by atomic mass is 32.2. The van der Waals surface area contributed by atoms with Gasteiger partial charge < -0.3 is 10.1 Å². The smallest absolute Gasteiger partial charge is 0.271 e. The molecule has 10 heteroatoms. The van der Waals surface area contributed by atoms with Gasteiger partial charge in [0.2, 0.25) is 0 Å². The Kier molecular flexibility index (Phi) is 7.49. The minimum Gasteiger partial charge on any atom is -0.497 e. The van der Waals surface area contributed by atoms with Crippen molar-refractivity contribution in [2.24, 2.45) is 0 Å². The van der Waals surface area contributed by atoms with Crippen molar-refractivity contribution in [2.45, 2.75) is 11.4 Å². The normalized spacial score (nSPS) is 10.9. The van der Waals surface area contributed by atoms with Gasteiger partial charge in [0, 0.05) is 17.8 Å². The number of hydrogen-bond donors (Lipinski definition) is 1. The average molecular weight is 518 g/mol. The molecule has 37 heavy (non-hydrogen) atoms. The third-order valence-corrected chi connectivity index (χ3v) is 7.32. The summed E-state index contributed by atoms with van der Waals surface area (Å²) in [6.07, 6.45) is 0. The molecule has 0 aliphatic rings. The first-order valence-corrected chi connectivity index (χ1v) is 12.6.